The van der Waals surface area contributed by atoms with Crippen molar-refractivity contribution in [3.63, 3.8) is 0 Å². The number of aliphatic hydroxyl groups is 1. The summed E-state index contributed by atoms with van der Waals surface area (Å²) in [5.41, 5.74) is 6.20. The fourth-order valence-electron chi connectivity index (χ4n) is 2.48. The van der Waals surface area contributed by atoms with Crippen molar-refractivity contribution in [2.45, 2.75) is 32.1 Å². The van der Waals surface area contributed by atoms with Crippen molar-refractivity contribution in [1.29, 1.82) is 0 Å². The zero-order valence-corrected chi connectivity index (χ0v) is 12.5. The van der Waals surface area contributed by atoms with Gasteiger partial charge >= 0.3 is 5.69 Å². The monoisotopic (exact) mass is 307 g/mol. The Morgan fingerprint density at radius 1 is 1.52 bits per heavy atom. The lowest BCUT2D eigenvalue weighted by Crippen LogP contribution is -2.28. The number of rotatable bonds is 3. The largest absolute Gasteiger partial charge is 0.394 e. The van der Waals surface area contributed by atoms with Gasteiger partial charge in [0.1, 0.15) is 12.0 Å². The highest BCUT2D eigenvalue weighted by Crippen LogP contribution is 2.32. The van der Waals surface area contributed by atoms with Crippen LogP contribution in [0.3, 0.4) is 0 Å². The molecule has 2 atom stereocenters. The second-order valence-corrected chi connectivity index (χ2v) is 6.40. The molecule has 0 saturated carbocycles. The zero-order chi connectivity index (χ0) is 15.0. The fraction of sp³-hybridized carbons (Fsp3) is 0.429. The summed E-state index contributed by atoms with van der Waals surface area (Å²) in [5.74, 6) is 0.231. The minimum absolute atomic E-state index is 0.0371. The highest BCUT2D eigenvalue weighted by molar-refractivity contribution is 7.15. The Morgan fingerprint density at radius 2 is 2.33 bits per heavy atom. The van der Waals surface area contributed by atoms with Crippen LogP contribution in [0.25, 0.3) is 10.4 Å². The third kappa shape index (κ3) is 2.72. The first-order valence-corrected chi connectivity index (χ1v) is 7.62. The van der Waals surface area contributed by atoms with E-state index in [4.69, 9.17) is 15.6 Å². The fourth-order valence-corrected chi connectivity index (χ4v) is 3.37. The van der Waals surface area contributed by atoms with Gasteiger partial charge in [-0.25, -0.2) is 4.79 Å². The predicted octanol–water partition coefficient (Wildman–Crippen LogP) is 1.53. The summed E-state index contributed by atoms with van der Waals surface area (Å²) in [7, 11) is 0. The van der Waals surface area contributed by atoms with Crippen LogP contribution in [0.15, 0.2) is 23.1 Å². The number of thiophene rings is 1. The first kappa shape index (κ1) is 14.2. The standard InChI is InChI=1S/C14H17N3O3S/c1-8-2-4-11(21-8)10-6-17(14(19)16-13(10)15)12-5-3-9(7-18)20-12/h2,4,6,9,12,18H,3,5,7H2,1H3,(H2,15,16,19). The lowest BCUT2D eigenvalue weighted by Gasteiger charge is -2.16. The molecule has 2 unspecified atom stereocenters. The molecule has 0 aromatic carbocycles. The molecule has 6 nitrogen and oxygen atoms in total. The van der Waals surface area contributed by atoms with Gasteiger partial charge in [-0.05, 0) is 31.9 Å². The molecule has 1 fully saturated rings. The maximum absolute atomic E-state index is 12.0. The van der Waals surface area contributed by atoms with Gasteiger partial charge in [-0.2, -0.15) is 4.98 Å². The van der Waals surface area contributed by atoms with E-state index in [1.807, 2.05) is 19.1 Å². The molecule has 112 valence electrons. The molecule has 1 aliphatic rings. The highest BCUT2D eigenvalue weighted by Gasteiger charge is 2.27. The quantitative estimate of drug-likeness (QED) is 0.897. The molecule has 7 heteroatoms. The summed E-state index contributed by atoms with van der Waals surface area (Å²) in [6.07, 6.45) is 2.51. The highest BCUT2D eigenvalue weighted by atomic mass is 32.1. The number of anilines is 1. The molecule has 2 aromatic rings. The van der Waals surface area contributed by atoms with Crippen molar-refractivity contribution < 1.29 is 9.84 Å². The van der Waals surface area contributed by atoms with Gasteiger partial charge in [0, 0.05) is 16.0 Å². The van der Waals surface area contributed by atoms with Crippen molar-refractivity contribution in [2.24, 2.45) is 0 Å². The molecule has 3 N–H and O–H groups in total. The number of nitrogen functional groups attached to an aromatic ring is 1. The van der Waals surface area contributed by atoms with Gasteiger partial charge in [0.15, 0.2) is 0 Å². The van der Waals surface area contributed by atoms with Crippen LogP contribution in [0.1, 0.15) is 23.9 Å². The molecule has 0 bridgehead atoms. The Balaban J connectivity index is 2.00. The maximum atomic E-state index is 12.0. The minimum Gasteiger partial charge on any atom is -0.394 e. The summed E-state index contributed by atoms with van der Waals surface area (Å²) in [5, 5.41) is 9.13. The molecule has 1 aliphatic heterocycles. The molecule has 2 aromatic heterocycles. The van der Waals surface area contributed by atoms with Crippen molar-refractivity contribution in [1.82, 2.24) is 9.55 Å². The topological polar surface area (TPSA) is 90.4 Å². The summed E-state index contributed by atoms with van der Waals surface area (Å²) < 4.78 is 7.12. The lowest BCUT2D eigenvalue weighted by atomic mass is 10.2. The second kappa shape index (κ2) is 5.59. The van der Waals surface area contributed by atoms with Gasteiger partial charge < -0.3 is 15.6 Å². The summed E-state index contributed by atoms with van der Waals surface area (Å²) >= 11 is 1.60. The van der Waals surface area contributed by atoms with Crippen molar-refractivity contribution >= 4 is 17.2 Å². The molecular formula is C14H17N3O3S. The molecule has 1 saturated heterocycles. The number of hydrogen-bond donors (Lipinski definition) is 2. The van der Waals surface area contributed by atoms with Gasteiger partial charge in [0.25, 0.3) is 0 Å². The van der Waals surface area contributed by atoms with Crippen LogP contribution in [-0.4, -0.2) is 27.4 Å². The summed E-state index contributed by atoms with van der Waals surface area (Å²) in [4.78, 5) is 18.1. The Morgan fingerprint density at radius 3 is 2.95 bits per heavy atom. The Hall–Kier alpha value is -1.70. The van der Waals surface area contributed by atoms with E-state index < -0.39 is 5.69 Å². The van der Waals surface area contributed by atoms with Gasteiger partial charge in [-0.1, -0.05) is 0 Å². The van der Waals surface area contributed by atoms with E-state index in [9.17, 15) is 4.79 Å². The Bertz CT molecular complexity index is 710. The van der Waals surface area contributed by atoms with Crippen molar-refractivity contribution in [2.75, 3.05) is 12.3 Å². The van der Waals surface area contributed by atoms with Crippen LogP contribution in [0, 0.1) is 6.92 Å². The number of aromatic nitrogens is 2. The molecule has 3 heterocycles. The van der Waals surface area contributed by atoms with Crippen LogP contribution < -0.4 is 11.4 Å². The minimum atomic E-state index is -0.423. The maximum Gasteiger partial charge on any atom is 0.351 e. The average molecular weight is 307 g/mol. The Kier molecular flexibility index (Phi) is 3.79. The number of nitrogens with two attached hydrogens (primary N) is 1. The van der Waals surface area contributed by atoms with E-state index in [1.165, 1.54) is 9.44 Å². The Labute approximate surface area is 125 Å². The first-order chi connectivity index (χ1) is 10.1. The molecule has 0 aliphatic carbocycles. The lowest BCUT2D eigenvalue weighted by molar-refractivity contribution is -0.0244. The van der Waals surface area contributed by atoms with Crippen LogP contribution in [-0.2, 0) is 4.74 Å². The number of nitrogens with zero attached hydrogens (tertiary/aromatic N) is 2. The molecule has 0 amide bonds. The van der Waals surface area contributed by atoms with Crippen LogP contribution >= 0.6 is 11.3 Å². The van der Waals surface area contributed by atoms with E-state index in [1.54, 1.807) is 17.5 Å². The van der Waals surface area contributed by atoms with Crippen molar-refractivity contribution in [3.8, 4) is 10.4 Å². The van der Waals surface area contributed by atoms with Crippen molar-refractivity contribution in [3.05, 3.63) is 33.7 Å². The number of aryl methyl sites for hydroxylation is 1. The molecule has 21 heavy (non-hydrogen) atoms. The van der Waals surface area contributed by atoms with E-state index in [2.05, 4.69) is 4.98 Å². The number of aliphatic hydroxyl groups excluding tert-OH is 1. The first-order valence-electron chi connectivity index (χ1n) is 6.80. The second-order valence-electron chi connectivity index (χ2n) is 5.11. The summed E-state index contributed by atoms with van der Waals surface area (Å²) in [6, 6.07) is 3.97. The third-order valence-electron chi connectivity index (χ3n) is 3.59. The zero-order valence-electron chi connectivity index (χ0n) is 11.7. The average Bonchev–Trinajstić information content (AvgIpc) is 3.08. The van der Waals surface area contributed by atoms with E-state index >= 15 is 0 Å². The van der Waals surface area contributed by atoms with E-state index in [-0.39, 0.29) is 24.8 Å². The normalized spacial score (nSPS) is 21.8. The molecule has 3 rings (SSSR count). The van der Waals surface area contributed by atoms with Crippen LogP contribution in [0.4, 0.5) is 5.82 Å². The SMILES string of the molecule is Cc1ccc(-c2cn(C3CCC(CO)O3)c(=O)nc2N)s1. The van der Waals surface area contributed by atoms with E-state index in [0.29, 0.717) is 6.42 Å². The molecule has 0 radical (unpaired) electrons. The predicted molar refractivity (Wildman–Crippen MR) is 81.2 cm³/mol. The third-order valence-corrected chi connectivity index (χ3v) is 4.62. The van der Waals surface area contributed by atoms with E-state index in [0.717, 1.165) is 16.9 Å². The summed E-state index contributed by atoms with van der Waals surface area (Å²) in [6.45, 7) is 1.98. The van der Waals surface area contributed by atoms with Crippen LogP contribution in [0.5, 0.6) is 0 Å². The molecular weight excluding hydrogens is 290 g/mol. The smallest absolute Gasteiger partial charge is 0.351 e. The number of hydrogen-bond acceptors (Lipinski definition) is 6. The van der Waals surface area contributed by atoms with Crippen LogP contribution in [0.2, 0.25) is 0 Å². The van der Waals surface area contributed by atoms with Gasteiger partial charge in [-0.15, -0.1) is 11.3 Å². The number of ether oxygens (including phenoxy) is 1. The van der Waals surface area contributed by atoms with Gasteiger partial charge in [0.05, 0.1) is 18.3 Å². The molecule has 0 spiro atoms. The van der Waals surface area contributed by atoms with Gasteiger partial charge in [-0.3, -0.25) is 4.57 Å². The van der Waals surface area contributed by atoms with Gasteiger partial charge in [0.2, 0.25) is 0 Å².